The molecule has 0 fully saturated rings. The minimum atomic E-state index is -0.307. The second kappa shape index (κ2) is 8.07. The number of likely N-dealkylation sites (N-methyl/N-ethyl adjacent to an activating group) is 1. The van der Waals surface area contributed by atoms with Gasteiger partial charge in [-0.1, -0.05) is 38.1 Å². The lowest BCUT2D eigenvalue weighted by Gasteiger charge is -2.31. The van der Waals surface area contributed by atoms with Crippen LogP contribution in [-0.4, -0.2) is 30.7 Å². The van der Waals surface area contributed by atoms with Gasteiger partial charge in [-0.25, -0.2) is 4.79 Å². The molecule has 28 heavy (non-hydrogen) atoms. The molecule has 2 aromatic carbocycles. The summed E-state index contributed by atoms with van der Waals surface area (Å²) in [4.78, 5) is 14.3. The molecule has 0 unspecified atom stereocenters. The molecular formula is C23H25NO4. The van der Waals surface area contributed by atoms with Gasteiger partial charge >= 0.3 is 5.63 Å². The van der Waals surface area contributed by atoms with E-state index in [1.165, 1.54) is 0 Å². The summed E-state index contributed by atoms with van der Waals surface area (Å²) in [6, 6.07) is 15.4. The molecule has 2 heterocycles. The Hall–Kier alpha value is -2.79. The first kappa shape index (κ1) is 18.6. The lowest BCUT2D eigenvalue weighted by molar-refractivity contribution is 0.0581. The number of fused-ring (bicyclic) bond motifs is 2. The fourth-order valence-corrected chi connectivity index (χ4v) is 3.61. The number of hydrogen-bond donors (Lipinski definition) is 0. The molecule has 1 atom stereocenters. The van der Waals surface area contributed by atoms with E-state index in [0.717, 1.165) is 47.5 Å². The van der Waals surface area contributed by atoms with Gasteiger partial charge < -0.3 is 13.9 Å². The quantitative estimate of drug-likeness (QED) is 0.606. The first-order chi connectivity index (χ1) is 13.7. The van der Waals surface area contributed by atoms with Crippen molar-refractivity contribution in [2.24, 2.45) is 0 Å². The highest BCUT2D eigenvalue weighted by Crippen LogP contribution is 2.31. The standard InChI is InChI=1S/C23H25NO4/c1-3-16-9-10-19-17(12-23(25)28-22(19)11-16)13-24(4-2)14-18-15-26-20-7-5-6-8-21(20)27-18/h5-12,18H,3-4,13-15H2,1-2H3/t18-/m0/s1. The molecule has 0 saturated heterocycles. The minimum absolute atomic E-state index is 0.0482. The first-order valence-corrected chi connectivity index (χ1v) is 9.82. The molecule has 0 amide bonds. The van der Waals surface area contributed by atoms with Crippen LogP contribution in [0.5, 0.6) is 11.5 Å². The van der Waals surface area contributed by atoms with Crippen molar-refractivity contribution in [2.45, 2.75) is 32.9 Å². The smallest absolute Gasteiger partial charge is 0.336 e. The predicted molar refractivity (Wildman–Crippen MR) is 109 cm³/mol. The van der Waals surface area contributed by atoms with Gasteiger partial charge in [0.1, 0.15) is 18.3 Å². The van der Waals surface area contributed by atoms with Crippen molar-refractivity contribution >= 4 is 11.0 Å². The van der Waals surface area contributed by atoms with E-state index in [1.54, 1.807) is 6.07 Å². The van der Waals surface area contributed by atoms with E-state index >= 15 is 0 Å². The van der Waals surface area contributed by atoms with Gasteiger partial charge in [-0.3, -0.25) is 4.90 Å². The third-order valence-corrected chi connectivity index (χ3v) is 5.17. The molecule has 3 aromatic rings. The fourth-order valence-electron chi connectivity index (χ4n) is 3.61. The topological polar surface area (TPSA) is 51.9 Å². The zero-order valence-electron chi connectivity index (χ0n) is 16.3. The summed E-state index contributed by atoms with van der Waals surface area (Å²) in [5.41, 5.74) is 2.49. The third kappa shape index (κ3) is 3.90. The third-order valence-electron chi connectivity index (χ3n) is 5.17. The van der Waals surface area contributed by atoms with Crippen molar-refractivity contribution in [1.82, 2.24) is 4.90 Å². The van der Waals surface area contributed by atoms with Crippen LogP contribution in [0.25, 0.3) is 11.0 Å². The molecule has 5 heteroatoms. The van der Waals surface area contributed by atoms with Gasteiger partial charge in [-0.2, -0.15) is 0 Å². The van der Waals surface area contributed by atoms with Crippen LogP contribution in [0.1, 0.15) is 25.0 Å². The Kier molecular flexibility index (Phi) is 5.35. The monoisotopic (exact) mass is 379 g/mol. The molecule has 1 aromatic heterocycles. The summed E-state index contributed by atoms with van der Waals surface area (Å²) in [6.07, 6.45) is 0.860. The summed E-state index contributed by atoms with van der Waals surface area (Å²) in [5, 5.41) is 0.987. The van der Waals surface area contributed by atoms with E-state index in [9.17, 15) is 4.79 Å². The largest absolute Gasteiger partial charge is 0.486 e. The zero-order valence-corrected chi connectivity index (χ0v) is 16.3. The van der Waals surface area contributed by atoms with E-state index in [4.69, 9.17) is 13.9 Å². The molecule has 5 nitrogen and oxygen atoms in total. The van der Waals surface area contributed by atoms with Crippen LogP contribution in [0.15, 0.2) is 57.7 Å². The molecule has 1 aliphatic rings. The molecule has 0 radical (unpaired) electrons. The van der Waals surface area contributed by atoms with Crippen molar-refractivity contribution in [3.8, 4) is 11.5 Å². The van der Waals surface area contributed by atoms with Gasteiger partial charge in [0.05, 0.1) is 0 Å². The average molecular weight is 379 g/mol. The van der Waals surface area contributed by atoms with Gasteiger partial charge in [-0.15, -0.1) is 0 Å². The maximum atomic E-state index is 12.1. The first-order valence-electron chi connectivity index (χ1n) is 9.82. The van der Waals surface area contributed by atoms with Crippen molar-refractivity contribution in [3.63, 3.8) is 0 Å². The Morgan fingerprint density at radius 2 is 1.89 bits per heavy atom. The Balaban J connectivity index is 1.53. The molecule has 1 aliphatic heterocycles. The van der Waals surface area contributed by atoms with Gasteiger partial charge in [0.25, 0.3) is 0 Å². The molecule has 4 rings (SSSR count). The lowest BCUT2D eigenvalue weighted by atomic mass is 10.1. The van der Waals surface area contributed by atoms with Crippen LogP contribution in [-0.2, 0) is 13.0 Å². The van der Waals surface area contributed by atoms with Gasteiger partial charge in [-0.05, 0) is 42.3 Å². The van der Waals surface area contributed by atoms with Gasteiger partial charge in [0.15, 0.2) is 11.5 Å². The van der Waals surface area contributed by atoms with Crippen molar-refractivity contribution < 1.29 is 13.9 Å². The molecule has 0 aliphatic carbocycles. The average Bonchev–Trinajstić information content (AvgIpc) is 2.72. The van der Waals surface area contributed by atoms with Crippen LogP contribution in [0.3, 0.4) is 0 Å². The van der Waals surface area contributed by atoms with Gasteiger partial charge in [0.2, 0.25) is 0 Å². The minimum Gasteiger partial charge on any atom is -0.486 e. The van der Waals surface area contributed by atoms with E-state index < -0.39 is 0 Å². The van der Waals surface area contributed by atoms with E-state index in [-0.39, 0.29) is 11.7 Å². The molecular weight excluding hydrogens is 354 g/mol. The second-order valence-corrected chi connectivity index (χ2v) is 7.10. The maximum Gasteiger partial charge on any atom is 0.336 e. The number of ether oxygens (including phenoxy) is 2. The molecule has 0 saturated carbocycles. The summed E-state index contributed by atoms with van der Waals surface area (Å²) < 4.78 is 17.4. The number of rotatable bonds is 6. The maximum absolute atomic E-state index is 12.1. The fraction of sp³-hybridized carbons (Fsp3) is 0.348. The number of hydrogen-bond acceptors (Lipinski definition) is 5. The number of aryl methyl sites for hydroxylation is 1. The number of benzene rings is 2. The Morgan fingerprint density at radius 3 is 2.68 bits per heavy atom. The second-order valence-electron chi connectivity index (χ2n) is 7.10. The SMILES string of the molecule is CCc1ccc2c(CN(CC)C[C@H]3COc4ccccc4O3)cc(=O)oc2c1. The highest BCUT2D eigenvalue weighted by atomic mass is 16.6. The van der Waals surface area contributed by atoms with E-state index in [1.807, 2.05) is 30.3 Å². The van der Waals surface area contributed by atoms with Crippen LogP contribution in [0.2, 0.25) is 0 Å². The van der Waals surface area contributed by atoms with Crippen molar-refractivity contribution in [2.75, 3.05) is 19.7 Å². The zero-order chi connectivity index (χ0) is 19.5. The van der Waals surface area contributed by atoms with Crippen molar-refractivity contribution in [3.05, 3.63) is 70.1 Å². The molecule has 146 valence electrons. The van der Waals surface area contributed by atoms with Crippen LogP contribution < -0.4 is 15.1 Å². The highest BCUT2D eigenvalue weighted by molar-refractivity contribution is 5.80. The molecule has 0 N–H and O–H groups in total. The van der Waals surface area contributed by atoms with E-state index in [0.29, 0.717) is 18.7 Å². The Bertz CT molecular complexity index is 1030. The summed E-state index contributed by atoms with van der Waals surface area (Å²) >= 11 is 0. The number of nitrogens with zero attached hydrogens (tertiary/aromatic N) is 1. The normalized spacial score (nSPS) is 15.9. The summed E-state index contributed by atoms with van der Waals surface area (Å²) in [6.45, 7) is 6.94. The summed E-state index contributed by atoms with van der Waals surface area (Å²) in [7, 11) is 0. The molecule has 0 spiro atoms. The highest BCUT2D eigenvalue weighted by Gasteiger charge is 2.23. The Morgan fingerprint density at radius 1 is 1.07 bits per heavy atom. The predicted octanol–water partition coefficient (Wildman–Crippen LogP) is 4.02. The lowest BCUT2D eigenvalue weighted by Crippen LogP contribution is -2.40. The number of para-hydroxylation sites is 2. The Labute approximate surface area is 164 Å². The van der Waals surface area contributed by atoms with E-state index in [2.05, 4.69) is 30.9 Å². The van der Waals surface area contributed by atoms with Crippen LogP contribution in [0, 0.1) is 0 Å². The van der Waals surface area contributed by atoms with Crippen LogP contribution >= 0.6 is 0 Å². The van der Waals surface area contributed by atoms with Gasteiger partial charge in [0, 0.05) is 24.5 Å². The molecule has 0 bridgehead atoms. The van der Waals surface area contributed by atoms with Crippen LogP contribution in [0.4, 0.5) is 0 Å². The summed E-state index contributed by atoms with van der Waals surface area (Å²) in [5.74, 6) is 1.58. The van der Waals surface area contributed by atoms with Crippen molar-refractivity contribution in [1.29, 1.82) is 0 Å².